The van der Waals surface area contributed by atoms with Crippen molar-refractivity contribution in [1.29, 1.82) is 0 Å². The van der Waals surface area contributed by atoms with Gasteiger partial charge in [0.2, 0.25) is 0 Å². The average molecular weight is 623 g/mol. The standard InChI is InChI=1S/C42H54O4/c1-13-14-30-23-31(18-17-29(30)8)35(43)34-36(44)42(22-21-28(6)7)38(45)41(24-32(39(42,9)10)19-15-26(2)3)25-33(20-16-27(4)5)40(11,12)46-37(34)41/h1,15-18,21,23,32-33H,14,19-20,22,24-25H2,2-12H3/t32-,33+,41+,42+/m1/s1. The number of benzene rings is 1. The number of allylic oxidation sites excluding steroid dienone is 8. The van der Waals surface area contributed by atoms with E-state index in [9.17, 15) is 4.79 Å². The van der Waals surface area contributed by atoms with Crippen LogP contribution in [0.2, 0.25) is 0 Å². The van der Waals surface area contributed by atoms with Crippen molar-refractivity contribution >= 4 is 17.3 Å². The molecule has 1 saturated carbocycles. The van der Waals surface area contributed by atoms with Crippen molar-refractivity contribution in [3.8, 4) is 12.3 Å². The molecule has 4 atom stereocenters. The first-order valence-corrected chi connectivity index (χ1v) is 16.9. The van der Waals surface area contributed by atoms with Crippen molar-refractivity contribution in [1.82, 2.24) is 0 Å². The largest absolute Gasteiger partial charge is 0.490 e. The smallest absolute Gasteiger partial charge is 0.200 e. The molecule has 1 saturated heterocycles. The summed E-state index contributed by atoms with van der Waals surface area (Å²) in [6.45, 7) is 22.5. The highest BCUT2D eigenvalue weighted by atomic mass is 16.5. The summed E-state index contributed by atoms with van der Waals surface area (Å²) in [4.78, 5) is 45.6. The Morgan fingerprint density at radius 2 is 1.48 bits per heavy atom. The van der Waals surface area contributed by atoms with Crippen molar-refractivity contribution in [2.45, 2.75) is 120 Å². The van der Waals surface area contributed by atoms with Gasteiger partial charge in [-0.25, -0.2) is 0 Å². The Hall–Kier alpha value is -3.45. The van der Waals surface area contributed by atoms with Gasteiger partial charge in [0.05, 0.1) is 5.41 Å². The molecule has 1 aromatic carbocycles. The maximum Gasteiger partial charge on any atom is 0.200 e. The molecule has 1 aromatic rings. The summed E-state index contributed by atoms with van der Waals surface area (Å²) in [5, 5.41) is 0. The number of fused-ring (bicyclic) bond motifs is 1. The van der Waals surface area contributed by atoms with E-state index in [1.54, 1.807) is 6.07 Å². The van der Waals surface area contributed by atoms with Crippen LogP contribution in [0.5, 0.6) is 0 Å². The van der Waals surface area contributed by atoms with Crippen molar-refractivity contribution in [2.75, 3.05) is 0 Å². The minimum absolute atomic E-state index is 0.0210. The summed E-state index contributed by atoms with van der Waals surface area (Å²) in [6.07, 6.45) is 15.4. The van der Waals surface area contributed by atoms with Crippen molar-refractivity contribution in [3.63, 3.8) is 0 Å². The summed E-state index contributed by atoms with van der Waals surface area (Å²) in [5.74, 6) is 2.20. The number of carbonyl (C=O) groups excluding carboxylic acids is 3. The number of aryl methyl sites for hydroxylation is 1. The Morgan fingerprint density at radius 1 is 0.913 bits per heavy atom. The number of Topliss-reactive ketones (excluding diaryl/α,β-unsaturated/α-hetero) is 3. The van der Waals surface area contributed by atoms with Gasteiger partial charge in [-0.1, -0.05) is 60.9 Å². The van der Waals surface area contributed by atoms with E-state index in [-0.39, 0.29) is 35.4 Å². The molecule has 4 rings (SSSR count). The molecule has 0 aromatic heterocycles. The van der Waals surface area contributed by atoms with Crippen LogP contribution in [-0.2, 0) is 20.7 Å². The lowest BCUT2D eigenvalue weighted by Gasteiger charge is -2.64. The molecule has 1 spiro atoms. The molecule has 2 bridgehead atoms. The second kappa shape index (κ2) is 12.6. The highest BCUT2D eigenvalue weighted by molar-refractivity contribution is 6.35. The van der Waals surface area contributed by atoms with Crippen LogP contribution in [0.4, 0.5) is 0 Å². The maximum absolute atomic E-state index is 15.5. The molecule has 2 fully saturated rings. The van der Waals surface area contributed by atoms with Gasteiger partial charge in [0.1, 0.15) is 22.3 Å². The summed E-state index contributed by atoms with van der Waals surface area (Å²) in [7, 11) is 0. The molecule has 1 heterocycles. The van der Waals surface area contributed by atoms with Gasteiger partial charge in [-0.05, 0) is 123 Å². The van der Waals surface area contributed by atoms with E-state index in [2.05, 4.69) is 59.6 Å². The zero-order valence-corrected chi connectivity index (χ0v) is 30.1. The van der Waals surface area contributed by atoms with E-state index in [0.29, 0.717) is 30.6 Å². The number of terminal acetylenes is 1. The van der Waals surface area contributed by atoms with E-state index in [0.717, 1.165) is 29.5 Å². The quantitative estimate of drug-likeness (QED) is 0.0905. The van der Waals surface area contributed by atoms with Crippen LogP contribution in [-0.4, -0.2) is 23.0 Å². The van der Waals surface area contributed by atoms with Crippen molar-refractivity contribution in [2.24, 2.45) is 28.1 Å². The third-order valence-corrected chi connectivity index (χ3v) is 11.3. The van der Waals surface area contributed by atoms with Crippen LogP contribution >= 0.6 is 0 Å². The first kappa shape index (κ1) is 35.4. The summed E-state index contributed by atoms with van der Waals surface area (Å²) in [5.41, 5.74) is 1.88. The van der Waals surface area contributed by atoms with Crippen LogP contribution in [0.3, 0.4) is 0 Å². The molecule has 0 unspecified atom stereocenters. The molecule has 3 aliphatic rings. The molecular formula is C42H54O4. The Labute approximate surface area is 277 Å². The third-order valence-electron chi connectivity index (χ3n) is 11.3. The van der Waals surface area contributed by atoms with Crippen LogP contribution in [0, 0.1) is 47.3 Å². The third kappa shape index (κ3) is 5.80. The fraction of sp³-hybridized carbons (Fsp3) is 0.548. The zero-order chi connectivity index (χ0) is 34.4. The fourth-order valence-electron chi connectivity index (χ4n) is 8.17. The van der Waals surface area contributed by atoms with Crippen LogP contribution in [0.1, 0.15) is 123 Å². The summed E-state index contributed by atoms with van der Waals surface area (Å²) < 4.78 is 6.93. The first-order valence-electron chi connectivity index (χ1n) is 16.9. The van der Waals surface area contributed by atoms with Gasteiger partial charge >= 0.3 is 0 Å². The van der Waals surface area contributed by atoms with E-state index in [4.69, 9.17) is 11.2 Å². The first-order chi connectivity index (χ1) is 21.4. The van der Waals surface area contributed by atoms with E-state index in [1.807, 2.05) is 52.8 Å². The summed E-state index contributed by atoms with van der Waals surface area (Å²) >= 11 is 0. The fourth-order valence-corrected chi connectivity index (χ4v) is 8.17. The SMILES string of the molecule is C#CCc1cc(C(=O)C2=C3OC(C)(C)[C@@H](CC=C(C)C)C[C@@]34C[C@@H](CC=C(C)C)C(C)(C)[C@@](CC=C(C)C)(C2=O)C4=O)ccc1C. The lowest BCUT2D eigenvalue weighted by atomic mass is 9.39. The number of ether oxygens (including phenoxy) is 1. The molecule has 1 aliphatic heterocycles. The van der Waals surface area contributed by atoms with Crippen LogP contribution in [0.15, 0.2) is 64.5 Å². The Morgan fingerprint density at radius 3 is 2.04 bits per heavy atom. The molecule has 4 heteroatoms. The monoisotopic (exact) mass is 622 g/mol. The van der Waals surface area contributed by atoms with Gasteiger partial charge in [0.25, 0.3) is 0 Å². The maximum atomic E-state index is 15.5. The van der Waals surface area contributed by atoms with Gasteiger partial charge in [-0.3, -0.25) is 14.4 Å². The molecule has 2 aliphatic carbocycles. The minimum Gasteiger partial charge on any atom is -0.490 e. The van der Waals surface area contributed by atoms with Gasteiger partial charge in [-0.2, -0.15) is 0 Å². The number of ketones is 3. The zero-order valence-electron chi connectivity index (χ0n) is 30.1. The lowest BCUT2D eigenvalue weighted by molar-refractivity contribution is -0.188. The number of rotatable bonds is 9. The molecule has 46 heavy (non-hydrogen) atoms. The van der Waals surface area contributed by atoms with Crippen LogP contribution < -0.4 is 0 Å². The molecular weight excluding hydrogens is 568 g/mol. The number of hydrogen-bond donors (Lipinski definition) is 0. The topological polar surface area (TPSA) is 60.4 Å². The highest BCUT2D eigenvalue weighted by Gasteiger charge is 2.74. The Balaban J connectivity index is 2.10. The van der Waals surface area contributed by atoms with Gasteiger partial charge in [0, 0.05) is 17.9 Å². The van der Waals surface area contributed by atoms with Crippen LogP contribution in [0.25, 0.3) is 0 Å². The van der Waals surface area contributed by atoms with E-state index >= 15 is 9.59 Å². The molecule has 4 nitrogen and oxygen atoms in total. The number of hydrogen-bond acceptors (Lipinski definition) is 4. The van der Waals surface area contributed by atoms with Gasteiger partial charge < -0.3 is 4.74 Å². The lowest BCUT2D eigenvalue weighted by Crippen LogP contribution is -2.69. The minimum atomic E-state index is -1.41. The normalized spacial score (nSPS) is 27.5. The van der Waals surface area contributed by atoms with Crippen molar-refractivity contribution < 1.29 is 19.1 Å². The molecule has 0 N–H and O–H groups in total. The highest BCUT2D eigenvalue weighted by Crippen LogP contribution is 2.69. The molecule has 246 valence electrons. The van der Waals surface area contributed by atoms with E-state index < -0.39 is 27.6 Å². The average Bonchev–Trinajstić information content (AvgIpc) is 2.95. The molecule has 0 amide bonds. The van der Waals surface area contributed by atoms with Crippen molar-refractivity contribution in [3.05, 3.63) is 81.2 Å². The summed E-state index contributed by atoms with van der Waals surface area (Å²) in [6, 6.07) is 5.47. The second-order valence-corrected chi connectivity index (χ2v) is 16.0. The Kier molecular flexibility index (Phi) is 9.72. The number of carbonyl (C=O) groups is 3. The molecule has 0 radical (unpaired) electrons. The predicted octanol–water partition coefficient (Wildman–Crippen LogP) is 9.66. The Bertz CT molecular complexity index is 1600. The van der Waals surface area contributed by atoms with E-state index in [1.165, 1.54) is 11.1 Å². The van der Waals surface area contributed by atoms with Gasteiger partial charge in [0.15, 0.2) is 17.3 Å². The predicted molar refractivity (Wildman–Crippen MR) is 187 cm³/mol. The van der Waals surface area contributed by atoms with Gasteiger partial charge in [-0.15, -0.1) is 12.3 Å². The second-order valence-electron chi connectivity index (χ2n) is 16.0.